The Morgan fingerprint density at radius 1 is 1.06 bits per heavy atom. The van der Waals surface area contributed by atoms with Crippen LogP contribution in [0.4, 0.5) is 11.6 Å². The topological polar surface area (TPSA) is 50.9 Å². The van der Waals surface area contributed by atoms with E-state index in [1.165, 1.54) is 44.9 Å². The van der Waals surface area contributed by atoms with Gasteiger partial charge in [-0.05, 0) is 18.9 Å². The molecular weight excluding hydrogens is 269 g/mol. The number of hydrogen-bond acceptors (Lipinski definition) is 3. The van der Waals surface area contributed by atoms with E-state index >= 15 is 0 Å². The largest absolute Gasteiger partial charge is 0.382 e. The molecular formula is C13H19Cl2N3. The summed E-state index contributed by atoms with van der Waals surface area (Å²) in [6.07, 6.45) is 8.86. The second-order valence-corrected chi connectivity index (χ2v) is 5.69. The normalized spacial score (nSPS) is 18.1. The smallest absolute Gasteiger partial charge is 0.147 e. The maximum absolute atomic E-state index is 6.13. The van der Waals surface area contributed by atoms with E-state index < -0.39 is 0 Å². The van der Waals surface area contributed by atoms with Gasteiger partial charge in [0, 0.05) is 6.04 Å². The zero-order chi connectivity index (χ0) is 13.0. The molecule has 0 radical (unpaired) electrons. The van der Waals surface area contributed by atoms with E-state index in [9.17, 15) is 0 Å². The van der Waals surface area contributed by atoms with Gasteiger partial charge in [-0.2, -0.15) is 0 Å². The van der Waals surface area contributed by atoms with Gasteiger partial charge in [0.15, 0.2) is 0 Å². The van der Waals surface area contributed by atoms with Gasteiger partial charge >= 0.3 is 0 Å². The zero-order valence-corrected chi connectivity index (χ0v) is 11.9. The van der Waals surface area contributed by atoms with Gasteiger partial charge in [-0.15, -0.1) is 0 Å². The Labute approximate surface area is 118 Å². The fourth-order valence-corrected chi connectivity index (χ4v) is 2.79. The first-order valence-corrected chi connectivity index (χ1v) is 7.30. The number of anilines is 2. The monoisotopic (exact) mass is 287 g/mol. The summed E-state index contributed by atoms with van der Waals surface area (Å²) in [5.41, 5.74) is 5.71. The highest BCUT2D eigenvalue weighted by Crippen LogP contribution is 2.29. The quantitative estimate of drug-likeness (QED) is 0.842. The van der Waals surface area contributed by atoms with Crippen molar-refractivity contribution in [2.45, 2.75) is 51.0 Å². The Morgan fingerprint density at radius 2 is 1.67 bits per heavy atom. The third-order valence-corrected chi connectivity index (χ3v) is 3.99. The first kappa shape index (κ1) is 13.8. The van der Waals surface area contributed by atoms with Crippen LogP contribution in [0.3, 0.4) is 0 Å². The summed E-state index contributed by atoms with van der Waals surface area (Å²) in [7, 11) is 0. The standard InChI is InChI=1S/C13H19Cl2N3/c14-10-8-11(15)13(18-12(10)16)17-9-6-4-2-1-3-5-7-9/h8-9H,1-7H2,(H3,16,17,18). The first-order valence-electron chi connectivity index (χ1n) is 6.55. The van der Waals surface area contributed by atoms with Crippen LogP contribution < -0.4 is 11.1 Å². The predicted octanol–water partition coefficient (Wildman–Crippen LogP) is 4.50. The van der Waals surface area contributed by atoms with Gasteiger partial charge < -0.3 is 11.1 Å². The molecule has 1 fully saturated rings. The van der Waals surface area contributed by atoms with Gasteiger partial charge in [-0.3, -0.25) is 0 Å². The van der Waals surface area contributed by atoms with Gasteiger partial charge in [0.2, 0.25) is 0 Å². The highest BCUT2D eigenvalue weighted by atomic mass is 35.5. The molecule has 3 nitrogen and oxygen atoms in total. The van der Waals surface area contributed by atoms with Crippen molar-refractivity contribution in [2.75, 3.05) is 11.1 Å². The van der Waals surface area contributed by atoms with Gasteiger partial charge in [0.05, 0.1) is 10.0 Å². The highest BCUT2D eigenvalue weighted by Gasteiger charge is 2.14. The van der Waals surface area contributed by atoms with E-state index in [2.05, 4.69) is 10.3 Å². The molecule has 0 aromatic carbocycles. The van der Waals surface area contributed by atoms with E-state index in [-0.39, 0.29) is 0 Å². The van der Waals surface area contributed by atoms with Crippen molar-refractivity contribution in [1.29, 1.82) is 0 Å². The number of aromatic nitrogens is 1. The van der Waals surface area contributed by atoms with Gasteiger partial charge in [0.1, 0.15) is 11.6 Å². The molecule has 3 N–H and O–H groups in total. The second-order valence-electron chi connectivity index (χ2n) is 4.87. The molecule has 0 saturated heterocycles. The van der Waals surface area contributed by atoms with E-state index in [0.29, 0.717) is 27.7 Å². The average Bonchev–Trinajstić information content (AvgIpc) is 2.29. The summed E-state index contributed by atoms with van der Waals surface area (Å²) in [6, 6.07) is 2.09. The van der Waals surface area contributed by atoms with Crippen LogP contribution in [0.5, 0.6) is 0 Å². The fraction of sp³-hybridized carbons (Fsp3) is 0.615. The lowest BCUT2D eigenvalue weighted by Gasteiger charge is -2.22. The number of nitrogen functional groups attached to an aromatic ring is 1. The van der Waals surface area contributed by atoms with E-state index in [1.54, 1.807) is 6.07 Å². The molecule has 0 atom stereocenters. The van der Waals surface area contributed by atoms with Crippen LogP contribution >= 0.6 is 23.2 Å². The van der Waals surface area contributed by atoms with Crippen molar-refractivity contribution >= 4 is 34.8 Å². The number of rotatable bonds is 2. The van der Waals surface area contributed by atoms with Crippen LogP contribution in [0.2, 0.25) is 10.0 Å². The molecule has 18 heavy (non-hydrogen) atoms. The van der Waals surface area contributed by atoms with Crippen molar-refractivity contribution in [1.82, 2.24) is 4.98 Å². The Hall–Kier alpha value is -0.670. The molecule has 2 rings (SSSR count). The SMILES string of the molecule is Nc1nc(NC2CCCCCCC2)c(Cl)cc1Cl. The number of hydrogen-bond donors (Lipinski definition) is 2. The van der Waals surface area contributed by atoms with Gasteiger partial charge in [-0.1, -0.05) is 55.3 Å². The maximum Gasteiger partial charge on any atom is 0.147 e. The minimum atomic E-state index is 0.328. The fourth-order valence-electron chi connectivity index (χ4n) is 2.38. The van der Waals surface area contributed by atoms with Gasteiger partial charge in [0.25, 0.3) is 0 Å². The van der Waals surface area contributed by atoms with Crippen molar-refractivity contribution < 1.29 is 0 Å². The Bertz CT molecular complexity index is 401. The summed E-state index contributed by atoms with van der Waals surface area (Å²) in [5, 5.41) is 4.35. The molecule has 100 valence electrons. The van der Waals surface area contributed by atoms with Crippen LogP contribution in [0, 0.1) is 0 Å². The highest BCUT2D eigenvalue weighted by molar-refractivity contribution is 6.37. The predicted molar refractivity (Wildman–Crippen MR) is 78.4 cm³/mol. The van der Waals surface area contributed by atoms with Crippen LogP contribution in [0.15, 0.2) is 6.07 Å². The number of pyridine rings is 1. The lowest BCUT2D eigenvalue weighted by atomic mass is 9.97. The lowest BCUT2D eigenvalue weighted by Crippen LogP contribution is -2.21. The molecule has 0 spiro atoms. The zero-order valence-electron chi connectivity index (χ0n) is 10.4. The molecule has 1 aliphatic rings. The van der Waals surface area contributed by atoms with Crippen LogP contribution in [0.25, 0.3) is 0 Å². The van der Waals surface area contributed by atoms with Gasteiger partial charge in [-0.25, -0.2) is 4.98 Å². The summed E-state index contributed by atoms with van der Waals surface area (Å²) < 4.78 is 0. The summed E-state index contributed by atoms with van der Waals surface area (Å²) in [4.78, 5) is 4.22. The number of nitrogens with zero attached hydrogens (tertiary/aromatic N) is 1. The van der Waals surface area contributed by atoms with Crippen molar-refractivity contribution in [3.05, 3.63) is 16.1 Å². The Morgan fingerprint density at radius 3 is 2.33 bits per heavy atom. The molecule has 0 bridgehead atoms. The molecule has 0 amide bonds. The average molecular weight is 288 g/mol. The minimum Gasteiger partial charge on any atom is -0.382 e. The first-order chi connectivity index (χ1) is 8.66. The molecule has 0 aliphatic heterocycles. The van der Waals surface area contributed by atoms with Crippen LogP contribution in [0.1, 0.15) is 44.9 Å². The molecule has 1 aromatic rings. The van der Waals surface area contributed by atoms with Crippen molar-refractivity contribution in [2.24, 2.45) is 0 Å². The maximum atomic E-state index is 6.13. The Kier molecular flexibility index (Phi) is 4.95. The summed E-state index contributed by atoms with van der Waals surface area (Å²) >= 11 is 12.0. The minimum absolute atomic E-state index is 0.328. The van der Waals surface area contributed by atoms with Crippen molar-refractivity contribution in [3.8, 4) is 0 Å². The number of nitrogens with two attached hydrogens (primary N) is 1. The molecule has 0 unspecified atom stereocenters. The molecule has 5 heteroatoms. The summed E-state index contributed by atoms with van der Waals surface area (Å²) in [6.45, 7) is 0. The second kappa shape index (κ2) is 6.48. The lowest BCUT2D eigenvalue weighted by molar-refractivity contribution is 0.471. The molecule has 1 aromatic heterocycles. The molecule has 1 aliphatic carbocycles. The summed E-state index contributed by atoms with van der Waals surface area (Å²) in [5.74, 6) is 0.985. The number of nitrogens with one attached hydrogen (secondary N) is 1. The number of halogens is 2. The Balaban J connectivity index is 2.05. The van der Waals surface area contributed by atoms with Crippen molar-refractivity contribution in [3.63, 3.8) is 0 Å². The molecule has 1 saturated carbocycles. The third kappa shape index (κ3) is 3.66. The van der Waals surface area contributed by atoms with Crippen LogP contribution in [-0.4, -0.2) is 11.0 Å². The van der Waals surface area contributed by atoms with Crippen LogP contribution in [-0.2, 0) is 0 Å². The van der Waals surface area contributed by atoms with E-state index in [0.717, 1.165) is 0 Å². The van der Waals surface area contributed by atoms with E-state index in [4.69, 9.17) is 28.9 Å². The third-order valence-electron chi connectivity index (χ3n) is 3.40. The van der Waals surface area contributed by atoms with E-state index in [1.807, 2.05) is 0 Å². The molecule has 1 heterocycles.